The molecule has 0 spiro atoms. The molecule has 1 rings (SSSR count). The van der Waals surface area contributed by atoms with E-state index in [4.69, 9.17) is 0 Å². The average Bonchev–Trinajstić information content (AvgIpc) is 1.82. The normalized spacial score (nSPS) is 28.8. The zero-order valence-corrected chi connectivity index (χ0v) is 7.90. The Bertz CT molecular complexity index is 192. The van der Waals surface area contributed by atoms with Crippen molar-refractivity contribution in [2.75, 3.05) is 0 Å². The van der Waals surface area contributed by atoms with Crippen LogP contribution in [0.15, 0.2) is 11.6 Å². The van der Waals surface area contributed by atoms with Crippen LogP contribution in [-0.4, -0.2) is 5.92 Å². The first-order chi connectivity index (χ1) is 5.41. The van der Waals surface area contributed by atoms with Gasteiger partial charge >= 0.3 is 0 Å². The minimum Gasteiger partial charge on any atom is -0.207 e. The van der Waals surface area contributed by atoms with E-state index in [-0.39, 0.29) is 24.7 Å². The molecule has 2 heteroatoms. The lowest BCUT2D eigenvalue weighted by molar-refractivity contribution is -0.0233. The third-order valence-electron chi connectivity index (χ3n) is 2.32. The molecule has 70 valence electrons. The summed E-state index contributed by atoms with van der Waals surface area (Å²) in [7, 11) is 0. The standard InChI is InChI=1S/C10H16F2/c1-7(2)9-4-8(3)5-10(11,12)6-9/h4,7-8H,5-6H2,1-3H3. The van der Waals surface area contributed by atoms with Crippen LogP contribution in [-0.2, 0) is 0 Å². The maximum Gasteiger partial charge on any atom is 0.252 e. The van der Waals surface area contributed by atoms with Crippen LogP contribution in [0.4, 0.5) is 8.78 Å². The number of halogens is 2. The molecule has 1 aliphatic rings. The number of alkyl halides is 2. The van der Waals surface area contributed by atoms with Gasteiger partial charge in [-0.15, -0.1) is 0 Å². The smallest absolute Gasteiger partial charge is 0.207 e. The van der Waals surface area contributed by atoms with Crippen LogP contribution in [0.3, 0.4) is 0 Å². The number of hydrogen-bond acceptors (Lipinski definition) is 0. The first-order valence-electron chi connectivity index (χ1n) is 4.49. The molecule has 0 nitrogen and oxygen atoms in total. The van der Waals surface area contributed by atoms with Gasteiger partial charge in [-0.3, -0.25) is 0 Å². The van der Waals surface area contributed by atoms with Gasteiger partial charge in [0.25, 0.3) is 5.92 Å². The molecule has 0 saturated heterocycles. The molecule has 1 atom stereocenters. The van der Waals surface area contributed by atoms with E-state index >= 15 is 0 Å². The van der Waals surface area contributed by atoms with E-state index < -0.39 is 5.92 Å². The van der Waals surface area contributed by atoms with Crippen molar-refractivity contribution < 1.29 is 8.78 Å². The van der Waals surface area contributed by atoms with Gasteiger partial charge in [0.1, 0.15) is 0 Å². The molecule has 1 aliphatic carbocycles. The van der Waals surface area contributed by atoms with Crippen LogP contribution in [0.2, 0.25) is 0 Å². The quantitative estimate of drug-likeness (QED) is 0.532. The third kappa shape index (κ3) is 2.29. The molecule has 0 aromatic heterocycles. The maximum absolute atomic E-state index is 13.0. The highest BCUT2D eigenvalue weighted by Crippen LogP contribution is 2.38. The predicted molar refractivity (Wildman–Crippen MR) is 46.3 cm³/mol. The molecule has 0 aromatic rings. The van der Waals surface area contributed by atoms with Gasteiger partial charge in [-0.1, -0.05) is 32.4 Å². The Labute approximate surface area is 72.7 Å². The molecule has 0 saturated carbocycles. The summed E-state index contributed by atoms with van der Waals surface area (Å²) in [6.07, 6.45) is 1.99. The van der Waals surface area contributed by atoms with Crippen LogP contribution < -0.4 is 0 Å². The summed E-state index contributed by atoms with van der Waals surface area (Å²) >= 11 is 0. The Morgan fingerprint density at radius 3 is 2.50 bits per heavy atom. The number of allylic oxidation sites excluding steroid dienone is 2. The molecule has 12 heavy (non-hydrogen) atoms. The Kier molecular flexibility index (Phi) is 2.55. The monoisotopic (exact) mass is 174 g/mol. The summed E-state index contributed by atoms with van der Waals surface area (Å²) in [5.41, 5.74) is 0.916. The van der Waals surface area contributed by atoms with Crippen molar-refractivity contribution in [1.29, 1.82) is 0 Å². The summed E-state index contributed by atoms with van der Waals surface area (Å²) in [4.78, 5) is 0. The highest BCUT2D eigenvalue weighted by molar-refractivity contribution is 5.13. The number of hydrogen-bond donors (Lipinski definition) is 0. The van der Waals surface area contributed by atoms with Crippen LogP contribution >= 0.6 is 0 Å². The molecule has 1 unspecified atom stereocenters. The van der Waals surface area contributed by atoms with Crippen molar-refractivity contribution in [1.82, 2.24) is 0 Å². The van der Waals surface area contributed by atoms with Crippen molar-refractivity contribution >= 4 is 0 Å². The van der Waals surface area contributed by atoms with Crippen LogP contribution in [0, 0.1) is 11.8 Å². The summed E-state index contributed by atoms with van der Waals surface area (Å²) in [5.74, 6) is -2.17. The number of rotatable bonds is 1. The Morgan fingerprint density at radius 2 is 2.08 bits per heavy atom. The van der Waals surface area contributed by atoms with Gasteiger partial charge in [0.2, 0.25) is 0 Å². The van der Waals surface area contributed by atoms with Crippen LogP contribution in [0.5, 0.6) is 0 Å². The summed E-state index contributed by atoms with van der Waals surface area (Å²) < 4.78 is 26.0. The SMILES string of the molecule is CC1C=C(C(C)C)CC(F)(F)C1. The van der Waals surface area contributed by atoms with E-state index in [1.807, 2.05) is 26.8 Å². The van der Waals surface area contributed by atoms with Gasteiger partial charge in [0.15, 0.2) is 0 Å². The fraction of sp³-hybridized carbons (Fsp3) is 0.800. The van der Waals surface area contributed by atoms with Crippen molar-refractivity contribution in [2.45, 2.75) is 39.5 Å². The van der Waals surface area contributed by atoms with Gasteiger partial charge in [0.05, 0.1) is 0 Å². The van der Waals surface area contributed by atoms with Crippen molar-refractivity contribution in [3.05, 3.63) is 11.6 Å². The molecule has 0 fully saturated rings. The van der Waals surface area contributed by atoms with E-state index in [0.717, 1.165) is 5.57 Å². The summed E-state index contributed by atoms with van der Waals surface area (Å²) in [5, 5.41) is 0. The zero-order valence-electron chi connectivity index (χ0n) is 7.90. The van der Waals surface area contributed by atoms with Crippen molar-refractivity contribution in [3.8, 4) is 0 Å². The third-order valence-corrected chi connectivity index (χ3v) is 2.32. The van der Waals surface area contributed by atoms with E-state index in [0.29, 0.717) is 0 Å². The van der Waals surface area contributed by atoms with Gasteiger partial charge in [-0.25, -0.2) is 8.78 Å². The lowest BCUT2D eigenvalue weighted by Crippen LogP contribution is -2.25. The van der Waals surface area contributed by atoms with Gasteiger partial charge in [-0.05, 0) is 11.8 Å². The summed E-state index contributed by atoms with van der Waals surface area (Å²) in [6.45, 7) is 5.80. The molecule has 0 amide bonds. The first kappa shape index (κ1) is 9.69. The van der Waals surface area contributed by atoms with E-state index in [9.17, 15) is 8.78 Å². The van der Waals surface area contributed by atoms with Crippen molar-refractivity contribution in [2.24, 2.45) is 11.8 Å². The van der Waals surface area contributed by atoms with Crippen LogP contribution in [0.25, 0.3) is 0 Å². The Hall–Kier alpha value is -0.400. The minimum atomic E-state index is -2.46. The molecule has 0 aromatic carbocycles. The van der Waals surface area contributed by atoms with Crippen molar-refractivity contribution in [3.63, 3.8) is 0 Å². The largest absolute Gasteiger partial charge is 0.252 e. The highest BCUT2D eigenvalue weighted by atomic mass is 19.3. The second-order valence-corrected chi connectivity index (χ2v) is 4.11. The fourth-order valence-corrected chi connectivity index (χ4v) is 1.72. The molecule has 0 N–H and O–H groups in total. The van der Waals surface area contributed by atoms with Gasteiger partial charge in [0, 0.05) is 12.8 Å². The average molecular weight is 174 g/mol. The summed E-state index contributed by atoms with van der Waals surface area (Å²) in [6, 6.07) is 0. The van der Waals surface area contributed by atoms with E-state index in [1.54, 1.807) is 0 Å². The van der Waals surface area contributed by atoms with E-state index in [2.05, 4.69) is 0 Å². The topological polar surface area (TPSA) is 0 Å². The fourth-order valence-electron chi connectivity index (χ4n) is 1.72. The predicted octanol–water partition coefficient (Wildman–Crippen LogP) is 3.63. The van der Waals surface area contributed by atoms with Gasteiger partial charge < -0.3 is 0 Å². The lowest BCUT2D eigenvalue weighted by atomic mass is 9.84. The Morgan fingerprint density at radius 1 is 1.50 bits per heavy atom. The second kappa shape index (κ2) is 3.15. The molecule has 0 heterocycles. The van der Waals surface area contributed by atoms with E-state index in [1.165, 1.54) is 0 Å². The molecule has 0 radical (unpaired) electrons. The molecule has 0 aliphatic heterocycles. The molecular formula is C10H16F2. The highest BCUT2D eigenvalue weighted by Gasteiger charge is 2.35. The van der Waals surface area contributed by atoms with Gasteiger partial charge in [-0.2, -0.15) is 0 Å². The first-order valence-corrected chi connectivity index (χ1v) is 4.49. The minimum absolute atomic E-state index is 0.0171. The lowest BCUT2D eigenvalue weighted by Gasteiger charge is -2.28. The zero-order chi connectivity index (χ0) is 9.35. The Balaban J connectivity index is 2.76. The maximum atomic E-state index is 13.0. The van der Waals surface area contributed by atoms with Crippen LogP contribution in [0.1, 0.15) is 33.6 Å². The second-order valence-electron chi connectivity index (χ2n) is 4.11. The molecular weight excluding hydrogens is 158 g/mol. The molecule has 0 bridgehead atoms.